The molecule has 1 heterocycles. The lowest BCUT2D eigenvalue weighted by molar-refractivity contribution is 0.0942. The van der Waals surface area contributed by atoms with Gasteiger partial charge in [-0.3, -0.25) is 14.7 Å². The number of unbranched alkanes of at least 4 members (excludes halogenated alkanes) is 1. The minimum Gasteiger partial charge on any atom is -0.352 e. The summed E-state index contributed by atoms with van der Waals surface area (Å²) in [6.45, 7) is 3.18. The Morgan fingerprint density at radius 1 is 1.09 bits per heavy atom. The van der Waals surface area contributed by atoms with Crippen LogP contribution in [-0.4, -0.2) is 28.6 Å². The Kier molecular flexibility index (Phi) is 5.71. The highest BCUT2D eigenvalue weighted by atomic mass is 16.2. The summed E-state index contributed by atoms with van der Waals surface area (Å²) in [5, 5.41) is 12.0. The second-order valence-corrected chi connectivity index (χ2v) is 4.98. The van der Waals surface area contributed by atoms with Gasteiger partial charge in [0.1, 0.15) is 0 Å². The summed E-state index contributed by atoms with van der Waals surface area (Å²) in [4.78, 5) is 23.6. The van der Waals surface area contributed by atoms with E-state index >= 15 is 0 Å². The van der Waals surface area contributed by atoms with E-state index in [0.717, 1.165) is 18.4 Å². The van der Waals surface area contributed by atoms with Crippen molar-refractivity contribution in [3.8, 4) is 0 Å². The summed E-state index contributed by atoms with van der Waals surface area (Å²) < 4.78 is 0. The summed E-state index contributed by atoms with van der Waals surface area (Å²) in [7, 11) is 0. The Balaban J connectivity index is 1.84. The van der Waals surface area contributed by atoms with Crippen molar-refractivity contribution in [1.29, 1.82) is 0 Å². The van der Waals surface area contributed by atoms with Crippen LogP contribution in [0, 0.1) is 0 Å². The maximum absolute atomic E-state index is 11.9. The van der Waals surface area contributed by atoms with E-state index in [1.54, 1.807) is 18.3 Å². The van der Waals surface area contributed by atoms with Gasteiger partial charge in [0.25, 0.3) is 11.8 Å². The number of rotatable bonds is 7. The van der Waals surface area contributed by atoms with Crippen molar-refractivity contribution < 1.29 is 9.59 Å². The predicted molar refractivity (Wildman–Crippen MR) is 83.4 cm³/mol. The van der Waals surface area contributed by atoms with Crippen LogP contribution in [0.2, 0.25) is 0 Å². The molecule has 0 unspecified atom stereocenters. The van der Waals surface area contributed by atoms with E-state index in [9.17, 15) is 9.59 Å². The molecule has 6 heteroatoms. The predicted octanol–water partition coefficient (Wildman–Crippen LogP) is 1.87. The summed E-state index contributed by atoms with van der Waals surface area (Å²) in [5.41, 5.74) is 2.05. The molecule has 0 aliphatic heterocycles. The lowest BCUT2D eigenvalue weighted by Gasteiger charge is -2.06. The van der Waals surface area contributed by atoms with Crippen molar-refractivity contribution in [2.24, 2.45) is 0 Å². The number of H-pyrrole nitrogens is 1. The highest BCUT2D eigenvalue weighted by Crippen LogP contribution is 2.05. The summed E-state index contributed by atoms with van der Waals surface area (Å²) in [5.74, 6) is -0.252. The Bertz CT molecular complexity index is 606. The standard InChI is InChI=1S/C16H20N4O2/c1-2-3-8-17-15(21)13-6-4-12(5-7-13)9-18-16(22)14-10-19-20-11-14/h4-7,10-11H,2-3,8-9H2,1H3,(H,17,21)(H,18,22)(H,19,20). The Morgan fingerprint density at radius 3 is 2.45 bits per heavy atom. The number of nitrogens with zero attached hydrogens (tertiary/aromatic N) is 1. The number of aromatic amines is 1. The van der Waals surface area contributed by atoms with Crippen LogP contribution in [0.5, 0.6) is 0 Å². The van der Waals surface area contributed by atoms with E-state index in [4.69, 9.17) is 0 Å². The van der Waals surface area contributed by atoms with E-state index < -0.39 is 0 Å². The van der Waals surface area contributed by atoms with Crippen molar-refractivity contribution in [1.82, 2.24) is 20.8 Å². The number of nitrogens with one attached hydrogen (secondary N) is 3. The van der Waals surface area contributed by atoms with Crippen LogP contribution < -0.4 is 10.6 Å². The van der Waals surface area contributed by atoms with Crippen molar-refractivity contribution in [2.75, 3.05) is 6.54 Å². The van der Waals surface area contributed by atoms with Gasteiger partial charge in [-0.25, -0.2) is 0 Å². The molecule has 1 aromatic heterocycles. The summed E-state index contributed by atoms with van der Waals surface area (Å²) >= 11 is 0. The molecule has 2 aromatic rings. The van der Waals surface area contributed by atoms with Gasteiger partial charge in [0.15, 0.2) is 0 Å². The minimum atomic E-state index is -0.185. The van der Waals surface area contributed by atoms with Crippen LogP contribution in [0.3, 0.4) is 0 Å². The number of carbonyl (C=O) groups excluding carboxylic acids is 2. The quantitative estimate of drug-likeness (QED) is 0.682. The van der Waals surface area contributed by atoms with Crippen LogP contribution in [-0.2, 0) is 6.54 Å². The first-order valence-corrected chi connectivity index (χ1v) is 7.35. The normalized spacial score (nSPS) is 10.2. The number of carbonyl (C=O) groups is 2. The average Bonchev–Trinajstić information content (AvgIpc) is 3.08. The van der Waals surface area contributed by atoms with Gasteiger partial charge in [-0.2, -0.15) is 5.10 Å². The SMILES string of the molecule is CCCCNC(=O)c1ccc(CNC(=O)c2cn[nH]c2)cc1. The van der Waals surface area contributed by atoms with Gasteiger partial charge in [-0.15, -0.1) is 0 Å². The van der Waals surface area contributed by atoms with Crippen molar-refractivity contribution in [2.45, 2.75) is 26.3 Å². The van der Waals surface area contributed by atoms with E-state index in [-0.39, 0.29) is 11.8 Å². The van der Waals surface area contributed by atoms with Gasteiger partial charge in [0, 0.05) is 24.8 Å². The fraction of sp³-hybridized carbons (Fsp3) is 0.312. The minimum absolute atomic E-state index is 0.0672. The van der Waals surface area contributed by atoms with Crippen molar-refractivity contribution >= 4 is 11.8 Å². The van der Waals surface area contributed by atoms with Crippen molar-refractivity contribution in [3.05, 3.63) is 53.3 Å². The molecule has 3 N–H and O–H groups in total. The zero-order chi connectivity index (χ0) is 15.8. The third kappa shape index (κ3) is 4.44. The molecule has 0 fully saturated rings. The number of hydrogen-bond donors (Lipinski definition) is 3. The number of benzene rings is 1. The summed E-state index contributed by atoms with van der Waals surface area (Å²) in [6, 6.07) is 7.20. The zero-order valence-corrected chi connectivity index (χ0v) is 12.6. The molecule has 22 heavy (non-hydrogen) atoms. The fourth-order valence-corrected chi connectivity index (χ4v) is 1.91. The van der Waals surface area contributed by atoms with Gasteiger partial charge in [0.05, 0.1) is 11.8 Å². The topological polar surface area (TPSA) is 86.9 Å². The lowest BCUT2D eigenvalue weighted by Crippen LogP contribution is -2.24. The van der Waals surface area contributed by atoms with Crippen LogP contribution >= 0.6 is 0 Å². The highest BCUT2D eigenvalue weighted by Gasteiger charge is 2.07. The average molecular weight is 300 g/mol. The van der Waals surface area contributed by atoms with E-state index in [0.29, 0.717) is 24.2 Å². The first-order valence-electron chi connectivity index (χ1n) is 7.35. The monoisotopic (exact) mass is 300 g/mol. The Labute approximate surface area is 129 Å². The molecule has 0 aliphatic rings. The lowest BCUT2D eigenvalue weighted by atomic mass is 10.1. The molecule has 2 rings (SSSR count). The maximum Gasteiger partial charge on any atom is 0.254 e. The van der Waals surface area contributed by atoms with Crippen LogP contribution in [0.4, 0.5) is 0 Å². The molecular formula is C16H20N4O2. The Hall–Kier alpha value is -2.63. The molecule has 0 saturated carbocycles. The van der Waals surface area contributed by atoms with Gasteiger partial charge >= 0.3 is 0 Å². The first kappa shape index (κ1) is 15.8. The maximum atomic E-state index is 11.9. The van der Waals surface area contributed by atoms with Crippen molar-refractivity contribution in [3.63, 3.8) is 0 Å². The highest BCUT2D eigenvalue weighted by molar-refractivity contribution is 5.94. The van der Waals surface area contributed by atoms with Crippen LogP contribution in [0.25, 0.3) is 0 Å². The summed E-state index contributed by atoms with van der Waals surface area (Å²) in [6.07, 6.45) is 5.04. The van der Waals surface area contributed by atoms with E-state index in [1.165, 1.54) is 6.20 Å². The molecule has 0 saturated heterocycles. The molecule has 116 valence electrons. The third-order valence-corrected chi connectivity index (χ3v) is 3.25. The zero-order valence-electron chi connectivity index (χ0n) is 12.6. The second kappa shape index (κ2) is 7.97. The molecule has 0 aliphatic carbocycles. The molecule has 0 atom stereocenters. The fourth-order valence-electron chi connectivity index (χ4n) is 1.91. The number of hydrogen-bond acceptors (Lipinski definition) is 3. The molecule has 0 bridgehead atoms. The smallest absolute Gasteiger partial charge is 0.254 e. The molecule has 0 radical (unpaired) electrons. The number of amides is 2. The molecular weight excluding hydrogens is 280 g/mol. The van der Waals surface area contributed by atoms with E-state index in [1.807, 2.05) is 12.1 Å². The van der Waals surface area contributed by atoms with Crippen LogP contribution in [0.15, 0.2) is 36.7 Å². The first-order chi connectivity index (χ1) is 10.7. The molecule has 2 amide bonds. The molecule has 0 spiro atoms. The van der Waals surface area contributed by atoms with Gasteiger partial charge in [0.2, 0.25) is 0 Å². The Morgan fingerprint density at radius 2 is 1.82 bits per heavy atom. The van der Waals surface area contributed by atoms with Gasteiger partial charge in [-0.05, 0) is 24.1 Å². The van der Waals surface area contributed by atoms with Gasteiger partial charge < -0.3 is 10.6 Å². The van der Waals surface area contributed by atoms with Crippen LogP contribution in [0.1, 0.15) is 46.0 Å². The largest absolute Gasteiger partial charge is 0.352 e. The second-order valence-electron chi connectivity index (χ2n) is 4.98. The number of aromatic nitrogens is 2. The molecule has 1 aromatic carbocycles. The molecule has 6 nitrogen and oxygen atoms in total. The van der Waals surface area contributed by atoms with E-state index in [2.05, 4.69) is 27.8 Å². The van der Waals surface area contributed by atoms with Gasteiger partial charge in [-0.1, -0.05) is 25.5 Å². The third-order valence-electron chi connectivity index (χ3n) is 3.25.